The minimum atomic E-state index is -0.270. The van der Waals surface area contributed by atoms with Crippen molar-refractivity contribution in [2.24, 2.45) is 5.92 Å². The summed E-state index contributed by atoms with van der Waals surface area (Å²) < 4.78 is 0. The lowest BCUT2D eigenvalue weighted by Gasteiger charge is -2.13. The number of rotatable bonds is 3. The molecule has 1 aromatic rings. The molecular formula is C12H18N4O2. The van der Waals surface area contributed by atoms with Gasteiger partial charge >= 0.3 is 0 Å². The molecule has 0 aromatic carbocycles. The Labute approximate surface area is 106 Å². The summed E-state index contributed by atoms with van der Waals surface area (Å²) in [7, 11) is 0. The van der Waals surface area contributed by atoms with Gasteiger partial charge in [-0.15, -0.1) is 0 Å². The maximum absolute atomic E-state index is 12.0. The van der Waals surface area contributed by atoms with Crippen molar-refractivity contribution in [1.82, 2.24) is 15.1 Å². The minimum absolute atomic E-state index is 0.0487. The Morgan fingerprint density at radius 3 is 2.78 bits per heavy atom. The third-order valence-corrected chi connectivity index (χ3v) is 3.46. The lowest BCUT2D eigenvalue weighted by atomic mass is 10.1. The maximum Gasteiger partial charge on any atom is 0.231 e. The summed E-state index contributed by atoms with van der Waals surface area (Å²) in [5.41, 5.74) is 1.86. The quantitative estimate of drug-likeness (QED) is 0.834. The highest BCUT2D eigenvalue weighted by Gasteiger charge is 2.33. The number of aromatic nitrogens is 2. The SMILES string of the molecule is CCN1CC(C(=O)Nc2n[nH]c(C)c2C)CC1=O. The first-order valence-electron chi connectivity index (χ1n) is 6.13. The molecule has 1 aromatic heterocycles. The molecule has 2 amide bonds. The molecule has 1 fully saturated rings. The number of aromatic amines is 1. The van der Waals surface area contributed by atoms with Crippen molar-refractivity contribution in [3.8, 4) is 0 Å². The number of hydrogen-bond acceptors (Lipinski definition) is 3. The zero-order valence-electron chi connectivity index (χ0n) is 10.9. The van der Waals surface area contributed by atoms with E-state index in [9.17, 15) is 9.59 Å². The number of nitrogens with zero attached hydrogens (tertiary/aromatic N) is 2. The molecule has 0 bridgehead atoms. The molecule has 0 radical (unpaired) electrons. The average molecular weight is 250 g/mol. The minimum Gasteiger partial charge on any atom is -0.342 e. The Morgan fingerprint density at radius 1 is 1.56 bits per heavy atom. The van der Waals surface area contributed by atoms with E-state index in [1.807, 2.05) is 20.8 Å². The fraction of sp³-hybridized carbons (Fsp3) is 0.583. The number of likely N-dealkylation sites (tertiary alicyclic amines) is 1. The Bertz CT molecular complexity index is 480. The van der Waals surface area contributed by atoms with Crippen LogP contribution in [-0.4, -0.2) is 40.0 Å². The summed E-state index contributed by atoms with van der Waals surface area (Å²) >= 11 is 0. The van der Waals surface area contributed by atoms with Crippen LogP contribution in [0.25, 0.3) is 0 Å². The van der Waals surface area contributed by atoms with Gasteiger partial charge in [-0.2, -0.15) is 5.10 Å². The van der Waals surface area contributed by atoms with Gasteiger partial charge < -0.3 is 10.2 Å². The molecule has 6 heteroatoms. The molecule has 2 heterocycles. The zero-order chi connectivity index (χ0) is 13.3. The van der Waals surface area contributed by atoms with E-state index < -0.39 is 0 Å². The number of aryl methyl sites for hydroxylation is 1. The Balaban J connectivity index is 2.01. The van der Waals surface area contributed by atoms with Crippen molar-refractivity contribution < 1.29 is 9.59 Å². The van der Waals surface area contributed by atoms with E-state index in [0.29, 0.717) is 25.3 Å². The predicted octanol–water partition coefficient (Wildman–Crippen LogP) is 0.833. The van der Waals surface area contributed by atoms with Gasteiger partial charge in [-0.3, -0.25) is 14.7 Å². The fourth-order valence-corrected chi connectivity index (χ4v) is 2.08. The first-order chi connectivity index (χ1) is 8.52. The van der Waals surface area contributed by atoms with E-state index in [1.54, 1.807) is 4.90 Å². The second-order valence-corrected chi connectivity index (χ2v) is 4.64. The molecule has 98 valence electrons. The highest BCUT2D eigenvalue weighted by molar-refractivity contribution is 5.97. The lowest BCUT2D eigenvalue weighted by molar-refractivity contribution is -0.128. The topological polar surface area (TPSA) is 78.1 Å². The summed E-state index contributed by atoms with van der Waals surface area (Å²) in [5, 5.41) is 9.63. The van der Waals surface area contributed by atoms with Crippen LogP contribution in [0.15, 0.2) is 0 Å². The van der Waals surface area contributed by atoms with Crippen molar-refractivity contribution in [3.05, 3.63) is 11.3 Å². The highest BCUT2D eigenvalue weighted by atomic mass is 16.2. The van der Waals surface area contributed by atoms with Crippen LogP contribution >= 0.6 is 0 Å². The molecule has 1 aliphatic heterocycles. The van der Waals surface area contributed by atoms with Gasteiger partial charge in [0.1, 0.15) is 0 Å². The van der Waals surface area contributed by atoms with E-state index in [0.717, 1.165) is 11.3 Å². The standard InChI is InChI=1S/C12H18N4O2/c1-4-16-6-9(5-10(16)17)12(18)13-11-7(2)8(3)14-15-11/h9H,4-6H2,1-3H3,(H2,13,14,15,18). The molecule has 0 aliphatic carbocycles. The molecule has 18 heavy (non-hydrogen) atoms. The molecule has 2 N–H and O–H groups in total. The monoisotopic (exact) mass is 250 g/mol. The van der Waals surface area contributed by atoms with Gasteiger partial charge in [-0.1, -0.05) is 0 Å². The van der Waals surface area contributed by atoms with Crippen LogP contribution in [0, 0.1) is 19.8 Å². The third-order valence-electron chi connectivity index (χ3n) is 3.46. The van der Waals surface area contributed by atoms with Gasteiger partial charge in [0.2, 0.25) is 11.8 Å². The van der Waals surface area contributed by atoms with Gasteiger partial charge in [0.15, 0.2) is 5.82 Å². The van der Waals surface area contributed by atoms with E-state index in [1.165, 1.54) is 0 Å². The van der Waals surface area contributed by atoms with E-state index in [4.69, 9.17) is 0 Å². The van der Waals surface area contributed by atoms with Crippen LogP contribution in [0.1, 0.15) is 24.6 Å². The van der Waals surface area contributed by atoms with E-state index >= 15 is 0 Å². The first-order valence-corrected chi connectivity index (χ1v) is 6.13. The maximum atomic E-state index is 12.0. The number of carbonyl (C=O) groups is 2. The Hall–Kier alpha value is -1.85. The fourth-order valence-electron chi connectivity index (χ4n) is 2.08. The Morgan fingerprint density at radius 2 is 2.28 bits per heavy atom. The van der Waals surface area contributed by atoms with Gasteiger partial charge in [0, 0.05) is 30.8 Å². The first kappa shape index (κ1) is 12.6. The molecule has 0 saturated carbocycles. The largest absolute Gasteiger partial charge is 0.342 e. The molecule has 2 rings (SSSR count). The van der Waals surface area contributed by atoms with Crippen LogP contribution in [0.2, 0.25) is 0 Å². The van der Waals surface area contributed by atoms with E-state index in [-0.39, 0.29) is 17.7 Å². The predicted molar refractivity (Wildman–Crippen MR) is 67.1 cm³/mol. The molecule has 6 nitrogen and oxygen atoms in total. The summed E-state index contributed by atoms with van der Waals surface area (Å²) in [6.07, 6.45) is 0.294. The van der Waals surface area contributed by atoms with Crippen LogP contribution in [0.5, 0.6) is 0 Å². The van der Waals surface area contributed by atoms with Gasteiger partial charge in [-0.25, -0.2) is 0 Å². The van der Waals surface area contributed by atoms with Crippen LogP contribution < -0.4 is 5.32 Å². The molecule has 0 spiro atoms. The van der Waals surface area contributed by atoms with E-state index in [2.05, 4.69) is 15.5 Å². The van der Waals surface area contributed by atoms with Crippen molar-refractivity contribution >= 4 is 17.6 Å². The van der Waals surface area contributed by atoms with Crippen LogP contribution in [-0.2, 0) is 9.59 Å². The molecule has 1 atom stereocenters. The summed E-state index contributed by atoms with van der Waals surface area (Å²) in [6, 6.07) is 0. The van der Waals surface area contributed by atoms with Crippen molar-refractivity contribution in [3.63, 3.8) is 0 Å². The number of amides is 2. The number of anilines is 1. The average Bonchev–Trinajstić information content (AvgIpc) is 2.86. The van der Waals surface area contributed by atoms with Gasteiger partial charge in [0.25, 0.3) is 0 Å². The second kappa shape index (κ2) is 4.80. The number of nitrogens with one attached hydrogen (secondary N) is 2. The molecule has 1 aliphatic rings. The lowest BCUT2D eigenvalue weighted by Crippen LogP contribution is -2.28. The van der Waals surface area contributed by atoms with Gasteiger partial charge in [0.05, 0.1) is 5.92 Å². The van der Waals surface area contributed by atoms with Crippen LogP contribution in [0.4, 0.5) is 5.82 Å². The number of hydrogen-bond donors (Lipinski definition) is 2. The van der Waals surface area contributed by atoms with Crippen molar-refractivity contribution in [2.45, 2.75) is 27.2 Å². The smallest absolute Gasteiger partial charge is 0.231 e. The highest BCUT2D eigenvalue weighted by Crippen LogP contribution is 2.20. The second-order valence-electron chi connectivity index (χ2n) is 4.64. The van der Waals surface area contributed by atoms with Crippen molar-refractivity contribution in [2.75, 3.05) is 18.4 Å². The van der Waals surface area contributed by atoms with Crippen LogP contribution in [0.3, 0.4) is 0 Å². The normalized spacial score (nSPS) is 19.4. The Kier molecular flexibility index (Phi) is 3.36. The molecule has 1 saturated heterocycles. The summed E-state index contributed by atoms with van der Waals surface area (Å²) in [6.45, 7) is 6.87. The third kappa shape index (κ3) is 2.23. The molecule has 1 unspecified atom stereocenters. The summed E-state index contributed by atoms with van der Waals surface area (Å²) in [4.78, 5) is 25.3. The number of H-pyrrole nitrogens is 1. The molecular weight excluding hydrogens is 232 g/mol. The number of carbonyl (C=O) groups excluding carboxylic acids is 2. The van der Waals surface area contributed by atoms with Crippen molar-refractivity contribution in [1.29, 1.82) is 0 Å². The summed E-state index contributed by atoms with van der Waals surface area (Å²) in [5.74, 6) is 0.204. The zero-order valence-corrected chi connectivity index (χ0v) is 10.9. The van der Waals surface area contributed by atoms with Gasteiger partial charge in [-0.05, 0) is 20.8 Å².